The zero-order valence-electron chi connectivity index (χ0n) is 11.6. The van der Waals surface area contributed by atoms with Crippen molar-refractivity contribution in [2.45, 2.75) is 6.61 Å². The number of ether oxygens (including phenoxy) is 1. The number of rotatable bonds is 5. The molecular formula is C17H13FN2O2. The Morgan fingerprint density at radius 3 is 2.73 bits per heavy atom. The molecule has 22 heavy (non-hydrogen) atoms. The molecule has 2 aromatic carbocycles. The predicted octanol–water partition coefficient (Wildman–Crippen LogP) is 2.80. The molecule has 2 rings (SSSR count). The Morgan fingerprint density at radius 1 is 1.27 bits per heavy atom. The minimum absolute atomic E-state index is 0.137. The number of amides is 1. The number of hydrogen-bond acceptors (Lipinski definition) is 3. The Kier molecular flexibility index (Phi) is 4.89. The van der Waals surface area contributed by atoms with Crippen molar-refractivity contribution < 1.29 is 13.9 Å². The molecule has 0 fully saturated rings. The fraction of sp³-hybridized carbons (Fsp3) is 0.0588. The van der Waals surface area contributed by atoms with E-state index in [-0.39, 0.29) is 18.0 Å². The number of nitrogens with two attached hydrogens (primary N) is 1. The Hall–Kier alpha value is -3.13. The Balaban J connectivity index is 2.12. The van der Waals surface area contributed by atoms with E-state index in [1.165, 1.54) is 18.2 Å². The van der Waals surface area contributed by atoms with Crippen molar-refractivity contribution in [3.8, 4) is 11.8 Å². The van der Waals surface area contributed by atoms with Gasteiger partial charge < -0.3 is 10.5 Å². The van der Waals surface area contributed by atoms with Crippen LogP contribution < -0.4 is 10.5 Å². The molecule has 110 valence electrons. The van der Waals surface area contributed by atoms with E-state index in [0.29, 0.717) is 16.9 Å². The van der Waals surface area contributed by atoms with Gasteiger partial charge >= 0.3 is 0 Å². The molecule has 0 atom stereocenters. The monoisotopic (exact) mass is 296 g/mol. The van der Waals surface area contributed by atoms with E-state index >= 15 is 0 Å². The van der Waals surface area contributed by atoms with E-state index in [2.05, 4.69) is 0 Å². The molecule has 0 aliphatic heterocycles. The van der Waals surface area contributed by atoms with Gasteiger partial charge in [-0.15, -0.1) is 0 Å². The lowest BCUT2D eigenvalue weighted by Crippen LogP contribution is -2.12. The van der Waals surface area contributed by atoms with Gasteiger partial charge in [-0.25, -0.2) is 4.39 Å². The number of carbonyl (C=O) groups excluding carboxylic acids is 1. The molecule has 5 heteroatoms. The molecule has 0 saturated carbocycles. The maximum absolute atomic E-state index is 13.1. The van der Waals surface area contributed by atoms with E-state index in [0.717, 1.165) is 0 Å². The quantitative estimate of drug-likeness (QED) is 0.681. The molecule has 4 nitrogen and oxygen atoms in total. The van der Waals surface area contributed by atoms with Gasteiger partial charge in [0.15, 0.2) is 0 Å². The first-order chi connectivity index (χ1) is 10.6. The van der Waals surface area contributed by atoms with Gasteiger partial charge in [0.1, 0.15) is 29.8 Å². The van der Waals surface area contributed by atoms with Crippen LogP contribution in [0.4, 0.5) is 4.39 Å². The number of benzene rings is 2. The van der Waals surface area contributed by atoms with Crippen molar-refractivity contribution in [2.24, 2.45) is 5.73 Å². The van der Waals surface area contributed by atoms with Crippen LogP contribution in [-0.2, 0) is 11.4 Å². The van der Waals surface area contributed by atoms with Crippen LogP contribution >= 0.6 is 0 Å². The summed E-state index contributed by atoms with van der Waals surface area (Å²) in [4.78, 5) is 11.0. The number of halogens is 1. The normalized spacial score (nSPS) is 10.8. The number of hydrogen-bond donors (Lipinski definition) is 1. The van der Waals surface area contributed by atoms with Crippen molar-refractivity contribution in [3.63, 3.8) is 0 Å². The maximum Gasteiger partial charge on any atom is 0.259 e. The summed E-state index contributed by atoms with van der Waals surface area (Å²) in [7, 11) is 0. The van der Waals surface area contributed by atoms with Crippen molar-refractivity contribution >= 4 is 12.0 Å². The van der Waals surface area contributed by atoms with Gasteiger partial charge in [0, 0.05) is 0 Å². The third-order valence-corrected chi connectivity index (χ3v) is 2.85. The highest BCUT2D eigenvalue weighted by molar-refractivity contribution is 6.00. The zero-order chi connectivity index (χ0) is 15.9. The van der Waals surface area contributed by atoms with Gasteiger partial charge in [0.25, 0.3) is 5.91 Å². The molecule has 2 aromatic rings. The predicted molar refractivity (Wildman–Crippen MR) is 80.0 cm³/mol. The summed E-state index contributed by atoms with van der Waals surface area (Å²) in [6, 6.07) is 14.7. The van der Waals surface area contributed by atoms with Crippen molar-refractivity contribution in [2.75, 3.05) is 0 Å². The molecule has 1 amide bonds. The van der Waals surface area contributed by atoms with Crippen LogP contribution in [0, 0.1) is 17.1 Å². The molecule has 0 aromatic heterocycles. The number of primary amides is 1. The van der Waals surface area contributed by atoms with Gasteiger partial charge in [0.05, 0.1) is 0 Å². The first-order valence-corrected chi connectivity index (χ1v) is 6.47. The van der Waals surface area contributed by atoms with Gasteiger partial charge in [-0.05, 0) is 41.5 Å². The molecule has 0 heterocycles. The summed E-state index contributed by atoms with van der Waals surface area (Å²) >= 11 is 0. The molecule has 0 unspecified atom stereocenters. The van der Waals surface area contributed by atoms with E-state index in [1.54, 1.807) is 42.5 Å². The largest absolute Gasteiger partial charge is 0.489 e. The molecule has 0 saturated heterocycles. The lowest BCUT2D eigenvalue weighted by Gasteiger charge is -2.07. The highest BCUT2D eigenvalue weighted by Crippen LogP contribution is 2.17. The summed E-state index contributed by atoms with van der Waals surface area (Å²) in [5.74, 6) is -0.564. The molecule has 0 bridgehead atoms. The average molecular weight is 296 g/mol. The Bertz CT molecular complexity index is 763. The van der Waals surface area contributed by atoms with Crippen LogP contribution in [0.5, 0.6) is 5.75 Å². The SMILES string of the molecule is N#C/C(=C/c1cccc(OCc2cccc(F)c2)c1)C(N)=O. The molecule has 2 N–H and O–H groups in total. The third-order valence-electron chi connectivity index (χ3n) is 2.85. The van der Waals surface area contributed by atoms with Crippen LogP contribution in [-0.4, -0.2) is 5.91 Å². The fourth-order valence-corrected chi connectivity index (χ4v) is 1.81. The number of carbonyl (C=O) groups is 1. The van der Waals surface area contributed by atoms with Crippen LogP contribution in [0.1, 0.15) is 11.1 Å². The standard InChI is InChI=1S/C17H13FN2O2/c18-15-5-1-4-13(8-15)11-22-16-6-2-3-12(9-16)7-14(10-19)17(20)21/h1-9H,11H2,(H2,20,21)/b14-7-. The summed E-state index contributed by atoms with van der Waals surface area (Å²) in [6.45, 7) is 0.214. The van der Waals surface area contributed by atoms with Crippen molar-refractivity contribution in [1.29, 1.82) is 5.26 Å². The van der Waals surface area contributed by atoms with Gasteiger partial charge in [0.2, 0.25) is 0 Å². The second-order valence-corrected chi connectivity index (χ2v) is 4.53. The minimum atomic E-state index is -0.784. The summed E-state index contributed by atoms with van der Waals surface area (Å²) in [6.07, 6.45) is 1.39. The third kappa shape index (κ3) is 4.18. The first-order valence-electron chi connectivity index (χ1n) is 6.47. The molecular weight excluding hydrogens is 283 g/mol. The molecule has 0 aliphatic rings. The van der Waals surface area contributed by atoms with Crippen LogP contribution in [0.25, 0.3) is 6.08 Å². The molecule has 0 spiro atoms. The summed E-state index contributed by atoms with van der Waals surface area (Å²) in [5.41, 5.74) is 6.27. The van der Waals surface area contributed by atoms with Crippen molar-refractivity contribution in [3.05, 3.63) is 71.0 Å². The topological polar surface area (TPSA) is 76.1 Å². The highest BCUT2D eigenvalue weighted by atomic mass is 19.1. The number of nitrogens with zero attached hydrogens (tertiary/aromatic N) is 1. The van der Waals surface area contributed by atoms with Gasteiger partial charge in [-0.2, -0.15) is 5.26 Å². The smallest absolute Gasteiger partial charge is 0.259 e. The molecule has 0 radical (unpaired) electrons. The van der Waals surface area contributed by atoms with E-state index in [4.69, 9.17) is 15.7 Å². The minimum Gasteiger partial charge on any atom is -0.489 e. The zero-order valence-corrected chi connectivity index (χ0v) is 11.6. The first kappa shape index (κ1) is 15.3. The van der Waals surface area contributed by atoms with Crippen LogP contribution in [0.2, 0.25) is 0 Å². The maximum atomic E-state index is 13.1. The van der Waals surface area contributed by atoms with Crippen LogP contribution in [0.15, 0.2) is 54.1 Å². The van der Waals surface area contributed by atoms with E-state index in [1.807, 2.05) is 0 Å². The van der Waals surface area contributed by atoms with Gasteiger partial charge in [-0.3, -0.25) is 4.79 Å². The molecule has 0 aliphatic carbocycles. The fourth-order valence-electron chi connectivity index (χ4n) is 1.81. The van der Waals surface area contributed by atoms with Crippen molar-refractivity contribution in [1.82, 2.24) is 0 Å². The van der Waals surface area contributed by atoms with Gasteiger partial charge in [-0.1, -0.05) is 24.3 Å². The lowest BCUT2D eigenvalue weighted by molar-refractivity contribution is -0.114. The Labute approximate surface area is 127 Å². The van der Waals surface area contributed by atoms with Crippen LogP contribution in [0.3, 0.4) is 0 Å². The second kappa shape index (κ2) is 7.04. The Morgan fingerprint density at radius 2 is 2.05 bits per heavy atom. The second-order valence-electron chi connectivity index (χ2n) is 4.53. The number of nitriles is 1. The highest BCUT2D eigenvalue weighted by Gasteiger charge is 2.04. The lowest BCUT2D eigenvalue weighted by atomic mass is 10.1. The average Bonchev–Trinajstić information content (AvgIpc) is 2.51. The summed E-state index contributed by atoms with van der Waals surface area (Å²) in [5, 5.41) is 8.82. The van der Waals surface area contributed by atoms with E-state index in [9.17, 15) is 9.18 Å². The van der Waals surface area contributed by atoms with E-state index < -0.39 is 5.91 Å². The summed E-state index contributed by atoms with van der Waals surface area (Å²) < 4.78 is 18.6.